The van der Waals surface area contributed by atoms with Crippen molar-refractivity contribution in [1.82, 2.24) is 4.90 Å². The molecular formula is C21H19FN2O3S. The lowest BCUT2D eigenvalue weighted by Gasteiger charge is -2.13. The summed E-state index contributed by atoms with van der Waals surface area (Å²) in [7, 11) is 0. The van der Waals surface area contributed by atoms with E-state index in [1.165, 1.54) is 24.3 Å². The third-order valence-corrected chi connectivity index (χ3v) is 5.09. The van der Waals surface area contributed by atoms with Crippen molar-refractivity contribution in [3.05, 3.63) is 70.4 Å². The molecule has 1 aliphatic heterocycles. The molecule has 0 radical (unpaired) electrons. The highest BCUT2D eigenvalue weighted by atomic mass is 32.2. The second kappa shape index (κ2) is 8.39. The zero-order valence-electron chi connectivity index (χ0n) is 15.4. The number of anilines is 1. The molecule has 0 aromatic heterocycles. The molecule has 1 N–H and O–H groups in total. The topological polar surface area (TPSA) is 66.5 Å². The number of nitrogens with zero attached hydrogens (tertiary/aromatic N) is 1. The van der Waals surface area contributed by atoms with Gasteiger partial charge in [0.05, 0.1) is 4.91 Å². The van der Waals surface area contributed by atoms with Gasteiger partial charge in [-0.3, -0.25) is 19.3 Å². The molecule has 2 aromatic rings. The lowest BCUT2D eigenvalue weighted by atomic mass is 10.0. The number of hydrogen-bond acceptors (Lipinski definition) is 4. The van der Waals surface area contributed by atoms with Gasteiger partial charge in [0.1, 0.15) is 12.4 Å². The van der Waals surface area contributed by atoms with Crippen LogP contribution in [0, 0.1) is 5.82 Å². The molecule has 144 valence electrons. The summed E-state index contributed by atoms with van der Waals surface area (Å²) in [6.45, 7) is 3.77. The van der Waals surface area contributed by atoms with Crippen LogP contribution in [0.4, 0.5) is 14.9 Å². The zero-order valence-corrected chi connectivity index (χ0v) is 16.3. The number of nitrogens with one attached hydrogen (secondary N) is 1. The molecule has 0 saturated carbocycles. The maximum absolute atomic E-state index is 13.3. The Balaban J connectivity index is 1.66. The summed E-state index contributed by atoms with van der Waals surface area (Å²) in [5, 5.41) is 2.16. The predicted octanol–water partition coefficient (Wildman–Crippen LogP) is 4.62. The largest absolute Gasteiger partial charge is 0.325 e. The Morgan fingerprint density at radius 2 is 1.89 bits per heavy atom. The molecule has 0 unspecified atom stereocenters. The molecule has 5 nitrogen and oxygen atoms in total. The van der Waals surface area contributed by atoms with Crippen LogP contribution in [0.1, 0.15) is 30.9 Å². The third-order valence-electron chi connectivity index (χ3n) is 4.18. The van der Waals surface area contributed by atoms with Gasteiger partial charge in [-0.05, 0) is 59.1 Å². The van der Waals surface area contributed by atoms with Crippen molar-refractivity contribution in [2.24, 2.45) is 0 Å². The number of amides is 3. The van der Waals surface area contributed by atoms with Crippen LogP contribution < -0.4 is 5.32 Å². The SMILES string of the molecule is CC(C)c1ccc(NC(=O)CN2C(=O)S/C(=C/c3cccc(F)c3)C2=O)cc1. The molecular weight excluding hydrogens is 379 g/mol. The highest BCUT2D eigenvalue weighted by Crippen LogP contribution is 2.32. The van der Waals surface area contributed by atoms with E-state index >= 15 is 0 Å². The fourth-order valence-corrected chi connectivity index (χ4v) is 3.52. The molecule has 1 fully saturated rings. The lowest BCUT2D eigenvalue weighted by Crippen LogP contribution is -2.36. The van der Waals surface area contributed by atoms with E-state index in [4.69, 9.17) is 0 Å². The number of rotatable bonds is 5. The first-order valence-corrected chi connectivity index (χ1v) is 9.56. The molecule has 0 atom stereocenters. The van der Waals surface area contributed by atoms with E-state index in [2.05, 4.69) is 19.2 Å². The van der Waals surface area contributed by atoms with E-state index in [0.717, 1.165) is 22.2 Å². The fourth-order valence-electron chi connectivity index (χ4n) is 2.68. The van der Waals surface area contributed by atoms with Crippen LogP contribution in [0.2, 0.25) is 0 Å². The van der Waals surface area contributed by atoms with Gasteiger partial charge < -0.3 is 5.32 Å². The third kappa shape index (κ3) is 4.67. The number of carbonyl (C=O) groups excluding carboxylic acids is 3. The van der Waals surface area contributed by atoms with Gasteiger partial charge in [-0.1, -0.05) is 38.1 Å². The van der Waals surface area contributed by atoms with E-state index < -0.39 is 22.9 Å². The first kappa shape index (κ1) is 19.8. The number of halogens is 1. The number of hydrogen-bond donors (Lipinski definition) is 1. The minimum absolute atomic E-state index is 0.157. The predicted molar refractivity (Wildman–Crippen MR) is 108 cm³/mol. The number of benzene rings is 2. The van der Waals surface area contributed by atoms with Crippen molar-refractivity contribution in [3.8, 4) is 0 Å². The van der Waals surface area contributed by atoms with Gasteiger partial charge in [0.25, 0.3) is 11.1 Å². The van der Waals surface area contributed by atoms with Crippen LogP contribution in [0.3, 0.4) is 0 Å². The Morgan fingerprint density at radius 1 is 1.18 bits per heavy atom. The van der Waals surface area contributed by atoms with Crippen LogP contribution in [0.25, 0.3) is 6.08 Å². The maximum atomic E-state index is 13.3. The average Bonchev–Trinajstić information content (AvgIpc) is 2.89. The molecule has 1 aliphatic rings. The van der Waals surface area contributed by atoms with Crippen LogP contribution in [-0.2, 0) is 9.59 Å². The first-order valence-electron chi connectivity index (χ1n) is 8.74. The molecule has 28 heavy (non-hydrogen) atoms. The Morgan fingerprint density at radius 3 is 2.54 bits per heavy atom. The summed E-state index contributed by atoms with van der Waals surface area (Å²) in [5.74, 6) is -1.09. The van der Waals surface area contributed by atoms with Gasteiger partial charge in [-0.15, -0.1) is 0 Å². The summed E-state index contributed by atoms with van der Waals surface area (Å²) in [5.41, 5.74) is 2.21. The Bertz CT molecular complexity index is 954. The normalized spacial score (nSPS) is 15.6. The van der Waals surface area contributed by atoms with Crippen LogP contribution in [0.15, 0.2) is 53.4 Å². The van der Waals surface area contributed by atoms with Crippen molar-refractivity contribution in [2.75, 3.05) is 11.9 Å². The second-order valence-corrected chi connectivity index (χ2v) is 7.64. The zero-order chi connectivity index (χ0) is 20.3. The first-order chi connectivity index (χ1) is 13.3. The molecule has 1 heterocycles. The van der Waals surface area contributed by atoms with Crippen molar-refractivity contribution in [1.29, 1.82) is 0 Å². The van der Waals surface area contributed by atoms with Crippen molar-refractivity contribution in [3.63, 3.8) is 0 Å². The average molecular weight is 398 g/mol. The molecule has 2 aromatic carbocycles. The highest BCUT2D eigenvalue weighted by molar-refractivity contribution is 8.18. The second-order valence-electron chi connectivity index (χ2n) is 6.65. The molecule has 3 rings (SSSR count). The lowest BCUT2D eigenvalue weighted by molar-refractivity contribution is -0.127. The van der Waals surface area contributed by atoms with Gasteiger partial charge in [-0.2, -0.15) is 0 Å². The number of carbonyl (C=O) groups is 3. The minimum atomic E-state index is -0.565. The quantitative estimate of drug-likeness (QED) is 0.746. The summed E-state index contributed by atoms with van der Waals surface area (Å²) in [4.78, 5) is 37.9. The van der Waals surface area contributed by atoms with E-state index in [9.17, 15) is 18.8 Å². The Kier molecular flexibility index (Phi) is 5.94. The van der Waals surface area contributed by atoms with Gasteiger partial charge in [0.2, 0.25) is 5.91 Å². The van der Waals surface area contributed by atoms with Gasteiger partial charge in [0.15, 0.2) is 0 Å². The minimum Gasteiger partial charge on any atom is -0.325 e. The maximum Gasteiger partial charge on any atom is 0.294 e. The standard InChI is InChI=1S/C21H19FN2O3S/c1-13(2)15-6-8-17(9-7-15)23-19(25)12-24-20(26)18(28-21(24)27)11-14-4-3-5-16(22)10-14/h3-11,13H,12H2,1-2H3,(H,23,25)/b18-11+. The number of thioether (sulfide) groups is 1. The molecule has 1 saturated heterocycles. The van der Waals surface area contributed by atoms with Gasteiger partial charge in [-0.25, -0.2) is 4.39 Å². The monoisotopic (exact) mass is 398 g/mol. The van der Waals surface area contributed by atoms with Crippen molar-refractivity contribution < 1.29 is 18.8 Å². The number of imide groups is 1. The smallest absolute Gasteiger partial charge is 0.294 e. The van der Waals surface area contributed by atoms with Crippen LogP contribution in [0.5, 0.6) is 0 Å². The van der Waals surface area contributed by atoms with Crippen LogP contribution >= 0.6 is 11.8 Å². The van der Waals surface area contributed by atoms with Gasteiger partial charge >= 0.3 is 0 Å². The summed E-state index contributed by atoms with van der Waals surface area (Å²) in [6.07, 6.45) is 1.44. The molecule has 0 aliphatic carbocycles. The summed E-state index contributed by atoms with van der Waals surface area (Å²) < 4.78 is 13.3. The van der Waals surface area contributed by atoms with E-state index in [1.807, 2.05) is 12.1 Å². The Hall–Kier alpha value is -2.93. The molecule has 3 amide bonds. The summed E-state index contributed by atoms with van der Waals surface area (Å²) >= 11 is 0.732. The van der Waals surface area contributed by atoms with Crippen molar-refractivity contribution in [2.45, 2.75) is 19.8 Å². The molecule has 7 heteroatoms. The van der Waals surface area contributed by atoms with E-state index in [0.29, 0.717) is 17.2 Å². The van der Waals surface area contributed by atoms with E-state index in [-0.39, 0.29) is 11.4 Å². The highest BCUT2D eigenvalue weighted by Gasteiger charge is 2.36. The van der Waals surface area contributed by atoms with Crippen LogP contribution in [-0.4, -0.2) is 28.5 Å². The van der Waals surface area contributed by atoms with E-state index in [1.54, 1.807) is 18.2 Å². The Labute approximate surface area is 166 Å². The van der Waals surface area contributed by atoms with Gasteiger partial charge in [0, 0.05) is 5.69 Å². The summed E-state index contributed by atoms with van der Waals surface area (Å²) in [6, 6.07) is 13.1. The fraction of sp³-hybridized carbons (Fsp3) is 0.190. The molecule has 0 spiro atoms. The van der Waals surface area contributed by atoms with Crippen molar-refractivity contribution >= 4 is 40.6 Å². The molecule has 0 bridgehead atoms.